The first-order valence-electron chi connectivity index (χ1n) is 6.02. The van der Waals surface area contributed by atoms with Gasteiger partial charge in [-0.05, 0) is 6.92 Å². The number of aryl methyl sites for hydroxylation is 2. The molecule has 0 aliphatic carbocycles. The van der Waals surface area contributed by atoms with Gasteiger partial charge < -0.3 is 9.75 Å². The summed E-state index contributed by atoms with van der Waals surface area (Å²) in [4.78, 5) is 4.59. The third kappa shape index (κ3) is 1.67. The van der Waals surface area contributed by atoms with Crippen LogP contribution in [0, 0.1) is 6.92 Å². The van der Waals surface area contributed by atoms with E-state index in [1.54, 1.807) is 0 Å². The van der Waals surface area contributed by atoms with Crippen molar-refractivity contribution in [2.24, 2.45) is 7.05 Å². The molecule has 2 aromatic rings. The fourth-order valence-corrected chi connectivity index (χ4v) is 2.61. The molecule has 0 radical (unpaired) electrons. The van der Waals surface area contributed by atoms with E-state index in [2.05, 4.69) is 19.8 Å². The van der Waals surface area contributed by atoms with E-state index in [-0.39, 0.29) is 0 Å². The first kappa shape index (κ1) is 11.8. The Balaban J connectivity index is 2.17. The second-order valence-electron chi connectivity index (χ2n) is 4.42. The number of alkyl halides is 1. The molecule has 0 spiro atoms. The van der Waals surface area contributed by atoms with E-state index >= 15 is 0 Å². The van der Waals surface area contributed by atoms with Gasteiger partial charge in [0.05, 0.1) is 37.9 Å². The van der Waals surface area contributed by atoms with Gasteiger partial charge >= 0.3 is 0 Å². The van der Waals surface area contributed by atoms with E-state index in [1.807, 2.05) is 18.7 Å². The maximum absolute atomic E-state index is 6.01. The summed E-state index contributed by atoms with van der Waals surface area (Å²) in [6.45, 7) is 5.13. The molecule has 0 N–H and O–H groups in total. The molecule has 0 amide bonds. The lowest BCUT2D eigenvalue weighted by atomic mass is 10.4. The first-order valence-corrected chi connectivity index (χ1v) is 6.55. The number of aromatic nitrogens is 4. The molecule has 7 heteroatoms. The van der Waals surface area contributed by atoms with Gasteiger partial charge in [0.1, 0.15) is 11.3 Å². The lowest BCUT2D eigenvalue weighted by Crippen LogP contribution is -2.45. The molecule has 1 aliphatic rings. The van der Waals surface area contributed by atoms with Crippen LogP contribution in [0.1, 0.15) is 11.5 Å². The zero-order valence-electron chi connectivity index (χ0n) is 10.6. The topological polar surface area (TPSA) is 48.1 Å². The van der Waals surface area contributed by atoms with Crippen LogP contribution in [-0.2, 0) is 17.7 Å². The maximum Gasteiger partial charge on any atom is 0.177 e. The van der Waals surface area contributed by atoms with Crippen molar-refractivity contribution in [3.05, 3.63) is 11.5 Å². The zero-order valence-corrected chi connectivity index (χ0v) is 11.3. The van der Waals surface area contributed by atoms with Crippen molar-refractivity contribution in [2.45, 2.75) is 12.8 Å². The molecule has 1 aliphatic heterocycles. The van der Waals surface area contributed by atoms with Crippen LogP contribution in [0.3, 0.4) is 0 Å². The predicted molar refractivity (Wildman–Crippen MR) is 69.6 cm³/mol. The summed E-state index contributed by atoms with van der Waals surface area (Å²) in [5, 5.41) is 6.63. The average molecular weight is 270 g/mol. The largest absolute Gasteiger partial charge is 0.378 e. The Bertz CT molecular complexity index is 569. The molecule has 1 fully saturated rings. The van der Waals surface area contributed by atoms with Crippen molar-refractivity contribution in [3.8, 4) is 0 Å². The van der Waals surface area contributed by atoms with Crippen LogP contribution in [0.25, 0.3) is 11.2 Å². The molecule has 2 aromatic heterocycles. The minimum atomic E-state index is 0.394. The number of ether oxygens (including phenoxy) is 1. The zero-order chi connectivity index (χ0) is 12.7. The molecule has 0 saturated carbocycles. The van der Waals surface area contributed by atoms with Crippen molar-refractivity contribution in [1.82, 2.24) is 19.4 Å². The first-order chi connectivity index (χ1) is 8.72. The highest BCUT2D eigenvalue weighted by atomic mass is 35.5. The number of imidazole rings is 1. The van der Waals surface area contributed by atoms with Crippen LogP contribution in [0.5, 0.6) is 0 Å². The monoisotopic (exact) mass is 269 g/mol. The Morgan fingerprint density at radius 1 is 1.33 bits per heavy atom. The van der Waals surface area contributed by atoms with Crippen LogP contribution in [0.2, 0.25) is 0 Å². The molecule has 0 bridgehead atoms. The minimum Gasteiger partial charge on any atom is -0.378 e. The highest BCUT2D eigenvalue weighted by molar-refractivity contribution is 6.16. The Morgan fingerprint density at radius 3 is 2.72 bits per heavy atom. The maximum atomic E-state index is 6.01. The number of nitrogens with zero attached hydrogens (tertiary/aromatic N) is 5. The summed E-state index contributed by atoms with van der Waals surface area (Å²) in [7, 11) is 1.94. The van der Waals surface area contributed by atoms with Crippen molar-refractivity contribution >= 4 is 22.8 Å². The summed E-state index contributed by atoms with van der Waals surface area (Å²) in [5.74, 6) is 1.26. The lowest BCUT2D eigenvalue weighted by molar-refractivity contribution is 0.111. The fourth-order valence-electron chi connectivity index (χ4n) is 2.44. The summed E-state index contributed by atoms with van der Waals surface area (Å²) in [5.41, 5.74) is 2.87. The number of morpholine rings is 1. The summed E-state index contributed by atoms with van der Waals surface area (Å²) in [6, 6.07) is 0. The van der Waals surface area contributed by atoms with Gasteiger partial charge in [0.2, 0.25) is 0 Å². The van der Waals surface area contributed by atoms with E-state index < -0.39 is 0 Å². The van der Waals surface area contributed by atoms with Crippen LogP contribution < -0.4 is 5.01 Å². The Hall–Kier alpha value is -1.27. The van der Waals surface area contributed by atoms with Gasteiger partial charge in [-0.15, -0.1) is 11.6 Å². The van der Waals surface area contributed by atoms with Gasteiger partial charge in [0.25, 0.3) is 0 Å². The van der Waals surface area contributed by atoms with Crippen LogP contribution in [0.15, 0.2) is 0 Å². The highest BCUT2D eigenvalue weighted by Gasteiger charge is 2.22. The van der Waals surface area contributed by atoms with Crippen molar-refractivity contribution < 1.29 is 4.74 Å². The molecular formula is C11H16ClN5O. The summed E-state index contributed by atoms with van der Waals surface area (Å²) >= 11 is 6.01. The van der Waals surface area contributed by atoms with Crippen molar-refractivity contribution in [2.75, 3.05) is 31.3 Å². The number of halogens is 1. The molecule has 6 nitrogen and oxygen atoms in total. The quantitative estimate of drug-likeness (QED) is 0.756. The number of hydrogen-bond acceptors (Lipinski definition) is 4. The molecule has 0 atom stereocenters. The smallest absolute Gasteiger partial charge is 0.177 e. The van der Waals surface area contributed by atoms with Gasteiger partial charge in [-0.2, -0.15) is 5.10 Å². The third-order valence-corrected chi connectivity index (χ3v) is 3.48. The summed E-state index contributed by atoms with van der Waals surface area (Å²) in [6.07, 6.45) is 0. The van der Waals surface area contributed by atoms with E-state index in [0.717, 1.165) is 49.0 Å². The van der Waals surface area contributed by atoms with Crippen molar-refractivity contribution in [3.63, 3.8) is 0 Å². The molecule has 3 heterocycles. The number of fused-ring (bicyclic) bond motifs is 1. The normalized spacial score (nSPS) is 16.7. The van der Waals surface area contributed by atoms with Gasteiger partial charge in [-0.1, -0.05) is 0 Å². The molecule has 0 aromatic carbocycles. The van der Waals surface area contributed by atoms with Gasteiger partial charge in [0.15, 0.2) is 5.65 Å². The highest BCUT2D eigenvalue weighted by Crippen LogP contribution is 2.20. The summed E-state index contributed by atoms with van der Waals surface area (Å²) < 4.78 is 9.34. The van der Waals surface area contributed by atoms with Crippen LogP contribution in [-0.4, -0.2) is 45.7 Å². The number of hydrogen-bond donors (Lipinski definition) is 0. The molecular weight excluding hydrogens is 254 g/mol. The van der Waals surface area contributed by atoms with Crippen LogP contribution in [0.4, 0.5) is 0 Å². The SMILES string of the molecule is Cc1nn(C)c2c1nc(CCl)n2N1CCOCC1. The Kier molecular flexibility index (Phi) is 2.91. The fraction of sp³-hybridized carbons (Fsp3) is 0.636. The second-order valence-corrected chi connectivity index (χ2v) is 4.69. The Morgan fingerprint density at radius 2 is 2.06 bits per heavy atom. The third-order valence-electron chi connectivity index (χ3n) is 3.24. The molecule has 18 heavy (non-hydrogen) atoms. The van der Waals surface area contributed by atoms with Crippen molar-refractivity contribution in [1.29, 1.82) is 0 Å². The molecule has 0 unspecified atom stereocenters. The number of rotatable bonds is 2. The second kappa shape index (κ2) is 4.44. The Labute approximate surface area is 110 Å². The van der Waals surface area contributed by atoms with E-state index in [0.29, 0.717) is 5.88 Å². The predicted octanol–water partition coefficient (Wildman–Crippen LogP) is 0.785. The van der Waals surface area contributed by atoms with E-state index in [9.17, 15) is 0 Å². The average Bonchev–Trinajstić information content (AvgIpc) is 2.90. The minimum absolute atomic E-state index is 0.394. The van der Waals surface area contributed by atoms with E-state index in [1.165, 1.54) is 0 Å². The van der Waals surface area contributed by atoms with Crippen LogP contribution >= 0.6 is 11.6 Å². The standard InChI is InChI=1S/C11H16ClN5O/c1-8-10-11(15(2)14-8)17(9(7-12)13-10)16-3-5-18-6-4-16/h3-7H2,1-2H3. The lowest BCUT2D eigenvalue weighted by Gasteiger charge is -2.30. The molecule has 98 valence electrons. The van der Waals surface area contributed by atoms with E-state index in [4.69, 9.17) is 16.3 Å². The van der Waals surface area contributed by atoms with Gasteiger partial charge in [0, 0.05) is 7.05 Å². The molecule has 3 rings (SSSR count). The molecule has 1 saturated heterocycles. The van der Waals surface area contributed by atoms with Gasteiger partial charge in [-0.25, -0.2) is 14.3 Å². The van der Waals surface area contributed by atoms with Gasteiger partial charge in [-0.3, -0.25) is 0 Å².